The zero-order chi connectivity index (χ0) is 17.9. The van der Waals surface area contributed by atoms with Gasteiger partial charge in [0.1, 0.15) is 22.2 Å². The average molecular weight is 353 g/mol. The number of benzene rings is 1. The first-order valence-corrected chi connectivity index (χ1v) is 7.68. The first kappa shape index (κ1) is 17.7. The molecular weight excluding hydrogens is 340 g/mol. The number of carbonyl (C=O) groups excluding carboxylic acids is 3. The number of anilines is 1. The monoisotopic (exact) mass is 353 g/mol. The van der Waals surface area contributed by atoms with Crippen LogP contribution in [0.5, 0.6) is 0 Å². The van der Waals surface area contributed by atoms with Crippen molar-refractivity contribution in [3.05, 3.63) is 51.7 Å². The van der Waals surface area contributed by atoms with E-state index in [9.17, 15) is 23.2 Å². The molecule has 1 aromatic carbocycles. The molecule has 0 spiro atoms. The standard InChI is InChI=1S/C16H13F2NO4S/c1-8(20)12-6-7-13(24-12)16(22)23-9(2)15(21)19-14-10(17)4-3-5-11(14)18/h3-7,9H,1-2H3,(H,19,21). The average Bonchev–Trinajstić information content (AvgIpc) is 3.01. The fourth-order valence-corrected chi connectivity index (χ4v) is 2.54. The normalized spacial score (nSPS) is 11.7. The Hall–Kier alpha value is -2.61. The number of rotatable bonds is 5. The van der Waals surface area contributed by atoms with Gasteiger partial charge in [-0.2, -0.15) is 0 Å². The lowest BCUT2D eigenvalue weighted by Crippen LogP contribution is -2.30. The van der Waals surface area contributed by atoms with Crippen LogP contribution < -0.4 is 5.32 Å². The van der Waals surface area contributed by atoms with Gasteiger partial charge in [-0.1, -0.05) is 6.07 Å². The number of Topliss-reactive ketones (excluding diaryl/α,β-unsaturated/α-hetero) is 1. The third kappa shape index (κ3) is 4.02. The van der Waals surface area contributed by atoms with Crippen molar-refractivity contribution >= 4 is 34.7 Å². The molecule has 0 saturated carbocycles. The van der Waals surface area contributed by atoms with Crippen LogP contribution in [0.15, 0.2) is 30.3 Å². The van der Waals surface area contributed by atoms with Crippen LogP contribution in [0.2, 0.25) is 0 Å². The summed E-state index contributed by atoms with van der Waals surface area (Å²) in [5.74, 6) is -3.75. The van der Waals surface area contributed by atoms with E-state index >= 15 is 0 Å². The second-order valence-corrected chi connectivity index (χ2v) is 5.94. The van der Waals surface area contributed by atoms with Crippen molar-refractivity contribution in [2.24, 2.45) is 0 Å². The number of halogens is 2. The van der Waals surface area contributed by atoms with Crippen molar-refractivity contribution in [3.8, 4) is 0 Å². The highest BCUT2D eigenvalue weighted by molar-refractivity contribution is 7.15. The van der Waals surface area contributed by atoms with E-state index in [1.807, 2.05) is 5.32 Å². The molecule has 24 heavy (non-hydrogen) atoms. The summed E-state index contributed by atoms with van der Waals surface area (Å²) in [6.45, 7) is 2.63. The Morgan fingerprint density at radius 1 is 1.08 bits per heavy atom. The Morgan fingerprint density at radius 3 is 2.21 bits per heavy atom. The number of ketones is 1. The van der Waals surface area contributed by atoms with Crippen LogP contribution in [0.25, 0.3) is 0 Å². The number of carbonyl (C=O) groups is 3. The van der Waals surface area contributed by atoms with E-state index < -0.39 is 35.3 Å². The fraction of sp³-hybridized carbons (Fsp3) is 0.188. The van der Waals surface area contributed by atoms with Crippen LogP contribution in [0.3, 0.4) is 0 Å². The molecule has 1 amide bonds. The largest absolute Gasteiger partial charge is 0.448 e. The lowest BCUT2D eigenvalue weighted by atomic mass is 10.2. The summed E-state index contributed by atoms with van der Waals surface area (Å²) in [6, 6.07) is 6.02. The van der Waals surface area contributed by atoms with Crippen molar-refractivity contribution < 1.29 is 27.9 Å². The third-order valence-corrected chi connectivity index (χ3v) is 4.18. The van der Waals surface area contributed by atoms with Gasteiger partial charge in [0.05, 0.1) is 4.88 Å². The maximum absolute atomic E-state index is 13.5. The molecular formula is C16H13F2NO4S. The van der Waals surface area contributed by atoms with Gasteiger partial charge >= 0.3 is 5.97 Å². The predicted octanol–water partition coefficient (Wildman–Crippen LogP) is 3.41. The van der Waals surface area contributed by atoms with Crippen molar-refractivity contribution in [2.75, 3.05) is 5.32 Å². The second-order valence-electron chi connectivity index (χ2n) is 4.85. The minimum atomic E-state index is -1.28. The van der Waals surface area contributed by atoms with Crippen LogP contribution in [-0.2, 0) is 9.53 Å². The fourth-order valence-electron chi connectivity index (χ4n) is 1.75. The number of nitrogens with one attached hydrogen (secondary N) is 1. The van der Waals surface area contributed by atoms with Crippen LogP contribution in [-0.4, -0.2) is 23.8 Å². The van der Waals surface area contributed by atoms with E-state index in [1.165, 1.54) is 26.0 Å². The molecule has 0 bridgehead atoms. The molecule has 2 aromatic rings. The maximum atomic E-state index is 13.5. The number of hydrogen-bond acceptors (Lipinski definition) is 5. The molecule has 8 heteroatoms. The van der Waals surface area contributed by atoms with Crippen molar-refractivity contribution in [3.63, 3.8) is 0 Å². The molecule has 126 valence electrons. The highest BCUT2D eigenvalue weighted by Crippen LogP contribution is 2.20. The Kier molecular flexibility index (Phi) is 5.40. The Bertz CT molecular complexity index is 783. The van der Waals surface area contributed by atoms with Crippen molar-refractivity contribution in [1.29, 1.82) is 0 Å². The molecule has 0 aliphatic carbocycles. The molecule has 0 radical (unpaired) electrons. The van der Waals surface area contributed by atoms with E-state index in [1.54, 1.807) is 0 Å². The summed E-state index contributed by atoms with van der Waals surface area (Å²) >= 11 is 0.936. The quantitative estimate of drug-likeness (QED) is 0.660. The van der Waals surface area contributed by atoms with Gasteiger partial charge < -0.3 is 10.1 Å². The highest BCUT2D eigenvalue weighted by atomic mass is 32.1. The summed E-state index contributed by atoms with van der Waals surface area (Å²) < 4.78 is 31.9. The van der Waals surface area contributed by atoms with Crippen LogP contribution in [0, 0.1) is 11.6 Å². The van der Waals surface area contributed by atoms with Gasteiger partial charge in [0, 0.05) is 0 Å². The van der Waals surface area contributed by atoms with Crippen LogP contribution in [0.4, 0.5) is 14.5 Å². The molecule has 0 fully saturated rings. The molecule has 1 aromatic heterocycles. The third-order valence-electron chi connectivity index (χ3n) is 3.02. The van der Waals surface area contributed by atoms with E-state index in [4.69, 9.17) is 4.74 Å². The molecule has 1 heterocycles. The van der Waals surface area contributed by atoms with E-state index in [0.717, 1.165) is 29.5 Å². The maximum Gasteiger partial charge on any atom is 0.349 e. The number of para-hydroxylation sites is 1. The topological polar surface area (TPSA) is 72.5 Å². The zero-order valence-electron chi connectivity index (χ0n) is 12.8. The zero-order valence-corrected chi connectivity index (χ0v) is 13.6. The lowest BCUT2D eigenvalue weighted by Gasteiger charge is -2.13. The lowest BCUT2D eigenvalue weighted by molar-refractivity contribution is -0.123. The number of esters is 1. The summed E-state index contributed by atoms with van der Waals surface area (Å²) in [6.07, 6.45) is -1.28. The number of thiophene rings is 1. The second kappa shape index (κ2) is 7.31. The Morgan fingerprint density at radius 2 is 1.67 bits per heavy atom. The van der Waals surface area contributed by atoms with Gasteiger partial charge in [-0.15, -0.1) is 11.3 Å². The minimum Gasteiger partial charge on any atom is -0.448 e. The van der Waals surface area contributed by atoms with Crippen molar-refractivity contribution in [1.82, 2.24) is 0 Å². The summed E-state index contributed by atoms with van der Waals surface area (Å²) in [4.78, 5) is 35.6. The van der Waals surface area contributed by atoms with Gasteiger partial charge in [-0.05, 0) is 38.1 Å². The van der Waals surface area contributed by atoms with Gasteiger partial charge in [-0.25, -0.2) is 13.6 Å². The highest BCUT2D eigenvalue weighted by Gasteiger charge is 2.22. The molecule has 0 aliphatic heterocycles. The molecule has 1 unspecified atom stereocenters. The van der Waals surface area contributed by atoms with Crippen LogP contribution >= 0.6 is 11.3 Å². The van der Waals surface area contributed by atoms with Crippen LogP contribution in [0.1, 0.15) is 33.2 Å². The summed E-state index contributed by atoms with van der Waals surface area (Å²) in [5, 5.41) is 2.04. The summed E-state index contributed by atoms with van der Waals surface area (Å²) in [7, 11) is 0. The number of amides is 1. The van der Waals surface area contributed by atoms with Gasteiger partial charge in [0.2, 0.25) is 0 Å². The van der Waals surface area contributed by atoms with E-state index in [0.29, 0.717) is 4.88 Å². The first-order chi connectivity index (χ1) is 11.3. The first-order valence-electron chi connectivity index (χ1n) is 6.86. The molecule has 5 nitrogen and oxygen atoms in total. The number of ether oxygens (including phenoxy) is 1. The van der Waals surface area contributed by atoms with E-state index in [-0.39, 0.29) is 10.7 Å². The molecule has 0 aliphatic rings. The molecule has 0 saturated heterocycles. The molecule has 1 N–H and O–H groups in total. The summed E-state index contributed by atoms with van der Waals surface area (Å²) in [5.41, 5.74) is -0.611. The van der Waals surface area contributed by atoms with E-state index in [2.05, 4.69) is 0 Å². The van der Waals surface area contributed by atoms with Gasteiger partial charge in [0.15, 0.2) is 11.9 Å². The van der Waals surface area contributed by atoms with Gasteiger partial charge in [0.25, 0.3) is 5.91 Å². The molecule has 1 atom stereocenters. The number of hydrogen-bond donors (Lipinski definition) is 1. The van der Waals surface area contributed by atoms with Gasteiger partial charge in [-0.3, -0.25) is 9.59 Å². The minimum absolute atomic E-state index is 0.150. The van der Waals surface area contributed by atoms with Crippen molar-refractivity contribution in [2.45, 2.75) is 20.0 Å². The smallest absolute Gasteiger partial charge is 0.349 e. The molecule has 2 rings (SSSR count). The Balaban J connectivity index is 2.03. The predicted molar refractivity (Wildman–Crippen MR) is 84.2 cm³/mol. The Labute approximate surface area is 140 Å². The SMILES string of the molecule is CC(=O)c1ccc(C(=O)OC(C)C(=O)Nc2c(F)cccc2F)s1.